The Bertz CT molecular complexity index is 591. The first-order valence-corrected chi connectivity index (χ1v) is 5.73. The van der Waals surface area contributed by atoms with Crippen LogP contribution in [0.4, 0.5) is 11.4 Å². The zero-order valence-corrected chi connectivity index (χ0v) is 9.72. The van der Waals surface area contributed by atoms with Crippen LogP contribution in [0.5, 0.6) is 5.75 Å². The molecule has 0 saturated carbocycles. The molecule has 1 amide bonds. The van der Waals surface area contributed by atoms with Gasteiger partial charge in [0.25, 0.3) is 5.91 Å². The zero-order valence-electron chi connectivity index (χ0n) is 9.72. The van der Waals surface area contributed by atoms with Gasteiger partial charge in [-0.15, -0.1) is 0 Å². The first-order valence-electron chi connectivity index (χ1n) is 5.73. The van der Waals surface area contributed by atoms with Crippen molar-refractivity contribution >= 4 is 17.3 Å². The van der Waals surface area contributed by atoms with Crippen LogP contribution < -0.4 is 15.4 Å². The van der Waals surface area contributed by atoms with E-state index in [1.54, 1.807) is 17.2 Å². The summed E-state index contributed by atoms with van der Waals surface area (Å²) in [6.07, 6.45) is 1.61. The Morgan fingerprint density at radius 2 is 2.22 bits per heavy atom. The standard InChI is InChI=1S/C13H13N3O2/c14-9-7-10(15-8-9)13(17)16-5-6-18-12-4-2-1-3-11(12)16/h1-4,7-8,15H,5-6,14H2. The lowest BCUT2D eigenvalue weighted by Crippen LogP contribution is -2.38. The van der Waals surface area contributed by atoms with Crippen molar-refractivity contribution in [2.24, 2.45) is 0 Å². The normalized spacial score (nSPS) is 13.9. The molecule has 0 fully saturated rings. The van der Waals surface area contributed by atoms with E-state index < -0.39 is 0 Å². The molecule has 1 aliphatic heterocycles. The largest absolute Gasteiger partial charge is 0.490 e. The number of hydrogen-bond donors (Lipinski definition) is 2. The second-order valence-electron chi connectivity index (χ2n) is 4.12. The Balaban J connectivity index is 1.96. The molecule has 0 unspecified atom stereocenters. The fraction of sp³-hybridized carbons (Fsp3) is 0.154. The maximum Gasteiger partial charge on any atom is 0.274 e. The molecule has 0 spiro atoms. The quantitative estimate of drug-likeness (QED) is 0.799. The van der Waals surface area contributed by atoms with Crippen LogP contribution in [-0.4, -0.2) is 24.0 Å². The second-order valence-corrected chi connectivity index (χ2v) is 4.12. The highest BCUT2D eigenvalue weighted by Crippen LogP contribution is 2.31. The van der Waals surface area contributed by atoms with Gasteiger partial charge in [-0.3, -0.25) is 4.79 Å². The molecular formula is C13H13N3O2. The predicted octanol–water partition coefficient (Wildman–Crippen LogP) is 1.64. The number of nitrogens with zero attached hydrogens (tertiary/aromatic N) is 1. The third-order valence-corrected chi connectivity index (χ3v) is 2.91. The summed E-state index contributed by atoms with van der Waals surface area (Å²) in [6, 6.07) is 9.15. The molecule has 0 aliphatic carbocycles. The van der Waals surface area contributed by atoms with Crippen LogP contribution in [0, 0.1) is 0 Å². The number of hydrogen-bond acceptors (Lipinski definition) is 3. The summed E-state index contributed by atoms with van der Waals surface area (Å²) >= 11 is 0. The van der Waals surface area contributed by atoms with Gasteiger partial charge in [-0.2, -0.15) is 0 Å². The molecule has 1 aliphatic rings. The molecule has 3 rings (SSSR count). The Morgan fingerprint density at radius 1 is 1.39 bits per heavy atom. The summed E-state index contributed by atoms with van der Waals surface area (Å²) in [7, 11) is 0. The predicted molar refractivity (Wildman–Crippen MR) is 68.8 cm³/mol. The minimum Gasteiger partial charge on any atom is -0.490 e. The molecule has 0 saturated heterocycles. The van der Waals surface area contributed by atoms with Crippen LogP contribution in [0.15, 0.2) is 36.5 Å². The number of ether oxygens (including phenoxy) is 1. The Labute approximate surface area is 104 Å². The minimum absolute atomic E-state index is 0.0950. The number of carbonyl (C=O) groups is 1. The molecule has 2 heterocycles. The summed E-state index contributed by atoms with van der Waals surface area (Å²) in [5, 5.41) is 0. The molecule has 5 nitrogen and oxygen atoms in total. The topological polar surface area (TPSA) is 71.4 Å². The molecule has 0 atom stereocenters. The number of nitrogens with one attached hydrogen (secondary N) is 1. The van der Waals surface area contributed by atoms with Gasteiger partial charge in [0.05, 0.1) is 12.2 Å². The van der Waals surface area contributed by atoms with Gasteiger partial charge in [0.1, 0.15) is 18.1 Å². The van der Waals surface area contributed by atoms with Crippen molar-refractivity contribution in [2.45, 2.75) is 0 Å². The van der Waals surface area contributed by atoms with Gasteiger partial charge in [-0.05, 0) is 18.2 Å². The molecule has 0 bridgehead atoms. The Hall–Kier alpha value is -2.43. The number of H-pyrrole nitrogens is 1. The zero-order chi connectivity index (χ0) is 12.5. The number of amides is 1. The lowest BCUT2D eigenvalue weighted by Gasteiger charge is -2.29. The van der Waals surface area contributed by atoms with Crippen LogP contribution in [0.25, 0.3) is 0 Å². The Kier molecular flexibility index (Phi) is 2.44. The van der Waals surface area contributed by atoms with E-state index in [1.165, 1.54) is 0 Å². The third kappa shape index (κ3) is 1.69. The maximum absolute atomic E-state index is 12.4. The van der Waals surface area contributed by atoms with Crippen molar-refractivity contribution in [1.82, 2.24) is 4.98 Å². The van der Waals surface area contributed by atoms with Crippen molar-refractivity contribution in [3.63, 3.8) is 0 Å². The average Bonchev–Trinajstić information content (AvgIpc) is 2.84. The van der Waals surface area contributed by atoms with Crippen molar-refractivity contribution in [2.75, 3.05) is 23.8 Å². The van der Waals surface area contributed by atoms with E-state index in [-0.39, 0.29) is 5.91 Å². The van der Waals surface area contributed by atoms with Gasteiger partial charge in [0, 0.05) is 11.9 Å². The van der Waals surface area contributed by atoms with Crippen LogP contribution in [0.3, 0.4) is 0 Å². The van der Waals surface area contributed by atoms with Gasteiger partial charge < -0.3 is 20.4 Å². The molecular weight excluding hydrogens is 230 g/mol. The van der Waals surface area contributed by atoms with Crippen LogP contribution in [0.2, 0.25) is 0 Å². The lowest BCUT2D eigenvalue weighted by atomic mass is 10.2. The van der Waals surface area contributed by atoms with Crippen molar-refractivity contribution in [1.29, 1.82) is 0 Å². The van der Waals surface area contributed by atoms with Gasteiger partial charge in [0.2, 0.25) is 0 Å². The SMILES string of the molecule is Nc1c[nH]c(C(=O)N2CCOc3ccccc32)c1. The van der Waals surface area contributed by atoms with Gasteiger partial charge in [0.15, 0.2) is 0 Å². The number of para-hydroxylation sites is 2. The molecule has 2 aromatic rings. The van der Waals surface area contributed by atoms with E-state index in [0.29, 0.717) is 24.5 Å². The van der Waals surface area contributed by atoms with Crippen LogP contribution in [-0.2, 0) is 0 Å². The highest BCUT2D eigenvalue weighted by atomic mass is 16.5. The maximum atomic E-state index is 12.4. The average molecular weight is 243 g/mol. The van der Waals surface area contributed by atoms with E-state index in [4.69, 9.17) is 10.5 Å². The van der Waals surface area contributed by atoms with E-state index >= 15 is 0 Å². The number of anilines is 2. The summed E-state index contributed by atoms with van der Waals surface area (Å²) in [5.41, 5.74) is 7.45. The van der Waals surface area contributed by atoms with Crippen molar-refractivity contribution in [3.8, 4) is 5.75 Å². The van der Waals surface area contributed by atoms with Gasteiger partial charge >= 0.3 is 0 Å². The van der Waals surface area contributed by atoms with Crippen LogP contribution in [0.1, 0.15) is 10.5 Å². The first kappa shape index (κ1) is 10.7. The highest BCUT2D eigenvalue weighted by molar-refractivity contribution is 6.06. The lowest BCUT2D eigenvalue weighted by molar-refractivity contribution is 0.0972. The summed E-state index contributed by atoms with van der Waals surface area (Å²) in [5.74, 6) is 0.638. The fourth-order valence-corrected chi connectivity index (χ4v) is 2.06. The van der Waals surface area contributed by atoms with Gasteiger partial charge in [-0.25, -0.2) is 0 Å². The molecule has 0 radical (unpaired) electrons. The minimum atomic E-state index is -0.0950. The molecule has 1 aromatic carbocycles. The first-order chi connectivity index (χ1) is 8.75. The number of nitrogen functional groups attached to an aromatic ring is 1. The molecule has 5 heteroatoms. The number of fused-ring (bicyclic) bond motifs is 1. The molecule has 3 N–H and O–H groups in total. The smallest absolute Gasteiger partial charge is 0.274 e. The van der Waals surface area contributed by atoms with Crippen LogP contribution >= 0.6 is 0 Å². The summed E-state index contributed by atoms with van der Waals surface area (Å²) < 4.78 is 5.52. The number of aromatic amines is 1. The van der Waals surface area contributed by atoms with Crippen molar-refractivity contribution in [3.05, 3.63) is 42.2 Å². The van der Waals surface area contributed by atoms with E-state index in [0.717, 1.165) is 11.4 Å². The number of rotatable bonds is 1. The second kappa shape index (κ2) is 4.10. The summed E-state index contributed by atoms with van der Waals surface area (Å²) in [6.45, 7) is 1.04. The van der Waals surface area contributed by atoms with Gasteiger partial charge in [-0.1, -0.05) is 12.1 Å². The third-order valence-electron chi connectivity index (χ3n) is 2.91. The van der Waals surface area contributed by atoms with Crippen molar-refractivity contribution < 1.29 is 9.53 Å². The number of aromatic nitrogens is 1. The van der Waals surface area contributed by atoms with E-state index in [9.17, 15) is 4.79 Å². The molecule has 1 aromatic heterocycles. The fourth-order valence-electron chi connectivity index (χ4n) is 2.06. The monoisotopic (exact) mass is 243 g/mol. The molecule has 18 heavy (non-hydrogen) atoms. The Morgan fingerprint density at radius 3 is 3.00 bits per heavy atom. The molecule has 92 valence electrons. The van der Waals surface area contributed by atoms with E-state index in [2.05, 4.69) is 4.98 Å². The van der Waals surface area contributed by atoms with E-state index in [1.807, 2.05) is 24.3 Å². The highest BCUT2D eigenvalue weighted by Gasteiger charge is 2.24. The number of nitrogens with two attached hydrogens (primary N) is 1. The number of carbonyl (C=O) groups excluding carboxylic acids is 1. The summed E-state index contributed by atoms with van der Waals surface area (Å²) in [4.78, 5) is 16.9. The number of benzene rings is 1.